The molecule has 23 heavy (non-hydrogen) atoms. The van der Waals surface area contributed by atoms with Crippen LogP contribution in [0.1, 0.15) is 52.9 Å². The lowest BCUT2D eigenvalue weighted by molar-refractivity contribution is -0.126. The average Bonchev–Trinajstić information content (AvgIpc) is 3.15. The number of aliphatic hydroxyl groups excluding tert-OH is 1. The largest absolute Gasteiger partial charge is 0.396 e. The van der Waals surface area contributed by atoms with Crippen molar-refractivity contribution in [2.45, 2.75) is 64.5 Å². The molecule has 1 atom stereocenters. The second-order valence-electron chi connectivity index (χ2n) is 7.68. The Morgan fingerprint density at radius 1 is 1.30 bits per heavy atom. The molecule has 0 bridgehead atoms. The molecule has 6 heteroatoms. The highest BCUT2D eigenvalue weighted by Crippen LogP contribution is 2.54. The van der Waals surface area contributed by atoms with Gasteiger partial charge in [0, 0.05) is 36.5 Å². The van der Waals surface area contributed by atoms with Crippen molar-refractivity contribution in [3.8, 4) is 0 Å². The molecule has 1 aliphatic heterocycles. The van der Waals surface area contributed by atoms with E-state index in [4.69, 9.17) is 5.11 Å². The zero-order valence-corrected chi connectivity index (χ0v) is 14.7. The number of hydrogen-bond acceptors (Lipinski definition) is 4. The molecule has 3 N–H and O–H groups in total. The zero-order valence-electron chi connectivity index (χ0n) is 14.7. The topological polar surface area (TPSA) is 81.7 Å². The third-order valence-electron chi connectivity index (χ3n) is 5.38. The number of nitrogens with one attached hydrogen (secondary N) is 2. The van der Waals surface area contributed by atoms with Crippen molar-refractivity contribution in [1.82, 2.24) is 15.5 Å². The summed E-state index contributed by atoms with van der Waals surface area (Å²) in [7, 11) is 0. The second-order valence-corrected chi connectivity index (χ2v) is 7.68. The van der Waals surface area contributed by atoms with Crippen LogP contribution in [0.2, 0.25) is 0 Å². The molecule has 1 spiro atoms. The van der Waals surface area contributed by atoms with Crippen molar-refractivity contribution in [2.75, 3.05) is 26.2 Å². The summed E-state index contributed by atoms with van der Waals surface area (Å²) < 4.78 is 0. The van der Waals surface area contributed by atoms with E-state index in [0.29, 0.717) is 0 Å². The minimum atomic E-state index is -0.291. The van der Waals surface area contributed by atoms with E-state index in [9.17, 15) is 9.59 Å². The zero-order chi connectivity index (χ0) is 17.1. The number of likely N-dealkylation sites (tertiary alicyclic amines) is 1. The van der Waals surface area contributed by atoms with Gasteiger partial charge in [0.15, 0.2) is 0 Å². The molecule has 6 nitrogen and oxygen atoms in total. The Labute approximate surface area is 139 Å². The molecule has 1 aliphatic carbocycles. The Morgan fingerprint density at radius 3 is 2.57 bits per heavy atom. The fourth-order valence-electron chi connectivity index (χ4n) is 3.68. The van der Waals surface area contributed by atoms with E-state index in [1.807, 2.05) is 0 Å². The van der Waals surface area contributed by atoms with Crippen LogP contribution < -0.4 is 10.6 Å². The van der Waals surface area contributed by atoms with Crippen molar-refractivity contribution in [3.63, 3.8) is 0 Å². The van der Waals surface area contributed by atoms with Crippen LogP contribution in [-0.2, 0) is 9.59 Å². The Bertz CT molecular complexity index is 446. The number of aliphatic hydroxyl groups is 1. The summed E-state index contributed by atoms with van der Waals surface area (Å²) in [6, 6.07) is 0.181. The summed E-state index contributed by atoms with van der Waals surface area (Å²) in [6.07, 6.45) is 4.70. The maximum absolute atomic E-state index is 12.1. The Kier molecular flexibility index (Phi) is 5.68. The maximum Gasteiger partial charge on any atom is 0.239 e. The van der Waals surface area contributed by atoms with Crippen molar-refractivity contribution >= 4 is 11.8 Å². The highest BCUT2D eigenvalue weighted by Gasteiger charge is 2.57. The molecule has 132 valence electrons. The third kappa shape index (κ3) is 4.44. The standard InChI is InChI=1S/C17H31N3O3/c1-4-6-16(2,3)20-11-13(17(12-20)7-8-17)19-15(23)10-18-14(22)5-9-21/h13,21H,4-12H2,1-3H3,(H,18,22)(H,19,23). The molecule has 0 aromatic rings. The van der Waals surface area contributed by atoms with Gasteiger partial charge in [0.25, 0.3) is 0 Å². The molecule has 1 heterocycles. The summed E-state index contributed by atoms with van der Waals surface area (Å²) in [5, 5.41) is 14.3. The molecular formula is C17H31N3O3. The van der Waals surface area contributed by atoms with E-state index in [-0.39, 0.29) is 48.4 Å². The lowest BCUT2D eigenvalue weighted by Gasteiger charge is -2.35. The highest BCUT2D eigenvalue weighted by molar-refractivity contribution is 5.84. The van der Waals surface area contributed by atoms with Gasteiger partial charge < -0.3 is 15.7 Å². The molecule has 0 aromatic carbocycles. The first-order valence-corrected chi connectivity index (χ1v) is 8.75. The Hall–Kier alpha value is -1.14. The van der Waals surface area contributed by atoms with E-state index in [2.05, 4.69) is 36.3 Å². The molecule has 0 aromatic heterocycles. The fraction of sp³-hybridized carbons (Fsp3) is 0.882. The van der Waals surface area contributed by atoms with Gasteiger partial charge in [0.2, 0.25) is 11.8 Å². The smallest absolute Gasteiger partial charge is 0.239 e. The quantitative estimate of drug-likeness (QED) is 0.612. The molecule has 2 aliphatic rings. The molecule has 1 saturated carbocycles. The lowest BCUT2D eigenvalue weighted by Crippen LogP contribution is -2.47. The summed E-state index contributed by atoms with van der Waals surface area (Å²) >= 11 is 0. The number of amides is 2. The van der Waals surface area contributed by atoms with Crippen LogP contribution in [-0.4, -0.2) is 59.6 Å². The van der Waals surface area contributed by atoms with Crippen LogP contribution in [0.4, 0.5) is 0 Å². The van der Waals surface area contributed by atoms with Gasteiger partial charge in [-0.2, -0.15) is 0 Å². The minimum Gasteiger partial charge on any atom is -0.396 e. The van der Waals surface area contributed by atoms with Crippen LogP contribution >= 0.6 is 0 Å². The normalized spacial score (nSPS) is 23.0. The van der Waals surface area contributed by atoms with Crippen LogP contribution in [0.25, 0.3) is 0 Å². The first-order valence-electron chi connectivity index (χ1n) is 8.75. The molecule has 0 radical (unpaired) electrons. The predicted molar refractivity (Wildman–Crippen MR) is 88.9 cm³/mol. The molecule has 1 saturated heterocycles. The van der Waals surface area contributed by atoms with Crippen molar-refractivity contribution in [1.29, 1.82) is 0 Å². The van der Waals surface area contributed by atoms with Crippen LogP contribution in [0.5, 0.6) is 0 Å². The number of carbonyl (C=O) groups is 2. The molecule has 2 fully saturated rings. The van der Waals surface area contributed by atoms with Gasteiger partial charge in [-0.3, -0.25) is 14.5 Å². The van der Waals surface area contributed by atoms with Gasteiger partial charge in [0.1, 0.15) is 0 Å². The second kappa shape index (κ2) is 7.18. The van der Waals surface area contributed by atoms with E-state index in [1.165, 1.54) is 12.8 Å². The molecular weight excluding hydrogens is 294 g/mol. The van der Waals surface area contributed by atoms with Crippen molar-refractivity contribution in [2.24, 2.45) is 5.41 Å². The van der Waals surface area contributed by atoms with Gasteiger partial charge in [-0.05, 0) is 33.1 Å². The Balaban J connectivity index is 1.85. The summed E-state index contributed by atoms with van der Waals surface area (Å²) in [4.78, 5) is 25.9. The molecule has 1 unspecified atom stereocenters. The van der Waals surface area contributed by atoms with Crippen LogP contribution in [0, 0.1) is 5.41 Å². The van der Waals surface area contributed by atoms with Gasteiger partial charge in [-0.25, -0.2) is 0 Å². The summed E-state index contributed by atoms with van der Waals surface area (Å²) in [5.41, 5.74) is 0.412. The maximum atomic E-state index is 12.1. The number of hydrogen-bond donors (Lipinski definition) is 3. The number of rotatable bonds is 8. The monoisotopic (exact) mass is 325 g/mol. The Morgan fingerprint density at radius 2 is 2.00 bits per heavy atom. The first kappa shape index (κ1) is 18.2. The van der Waals surface area contributed by atoms with Crippen LogP contribution in [0.3, 0.4) is 0 Å². The summed E-state index contributed by atoms with van der Waals surface area (Å²) in [6.45, 7) is 8.52. The van der Waals surface area contributed by atoms with E-state index >= 15 is 0 Å². The number of nitrogens with zero attached hydrogens (tertiary/aromatic N) is 1. The van der Waals surface area contributed by atoms with Gasteiger partial charge in [0.05, 0.1) is 13.2 Å². The van der Waals surface area contributed by atoms with Crippen molar-refractivity contribution in [3.05, 3.63) is 0 Å². The lowest BCUT2D eigenvalue weighted by atomic mass is 9.96. The SMILES string of the molecule is CCCC(C)(C)N1CC(NC(=O)CNC(=O)CCO)C2(CC2)C1. The first-order chi connectivity index (χ1) is 10.8. The minimum absolute atomic E-state index is 0.0102. The molecule has 2 rings (SSSR count). The number of carbonyl (C=O) groups excluding carboxylic acids is 2. The van der Waals surface area contributed by atoms with Gasteiger partial charge in [-0.15, -0.1) is 0 Å². The predicted octanol–water partition coefficient (Wildman–Crippen LogP) is 0.644. The van der Waals surface area contributed by atoms with E-state index in [0.717, 1.165) is 25.9 Å². The van der Waals surface area contributed by atoms with E-state index < -0.39 is 0 Å². The fourth-order valence-corrected chi connectivity index (χ4v) is 3.68. The van der Waals surface area contributed by atoms with Gasteiger partial charge >= 0.3 is 0 Å². The molecule has 2 amide bonds. The third-order valence-corrected chi connectivity index (χ3v) is 5.38. The van der Waals surface area contributed by atoms with Crippen LogP contribution in [0.15, 0.2) is 0 Å². The van der Waals surface area contributed by atoms with Crippen molar-refractivity contribution < 1.29 is 14.7 Å². The van der Waals surface area contributed by atoms with E-state index in [1.54, 1.807) is 0 Å². The summed E-state index contributed by atoms with van der Waals surface area (Å²) in [5.74, 6) is -0.427. The van der Waals surface area contributed by atoms with Gasteiger partial charge in [-0.1, -0.05) is 13.3 Å². The average molecular weight is 325 g/mol. The highest BCUT2D eigenvalue weighted by atomic mass is 16.3.